The molecule has 1 atom stereocenters. The minimum Gasteiger partial charge on any atom is -0.381 e. The normalized spacial score (nSPS) is 25.8. The van der Waals surface area contributed by atoms with Gasteiger partial charge in [-0.1, -0.05) is 12.8 Å². The summed E-state index contributed by atoms with van der Waals surface area (Å²) >= 11 is 0. The second-order valence-electron chi connectivity index (χ2n) is 5.58. The highest BCUT2D eigenvalue weighted by Crippen LogP contribution is 2.28. The molecule has 3 nitrogen and oxygen atoms in total. The van der Waals surface area contributed by atoms with Gasteiger partial charge in [-0.3, -0.25) is 0 Å². The van der Waals surface area contributed by atoms with E-state index in [-0.39, 0.29) is 0 Å². The standard InChI is InChI=1S/C14H28N2O/c1-2-5-14(16-9-3-1)11-15-8-4-10-17-12-13-6-7-13/h13-16H,1-12H2. The third-order valence-corrected chi connectivity index (χ3v) is 3.75. The zero-order chi connectivity index (χ0) is 11.8. The molecule has 0 aromatic carbocycles. The molecule has 0 spiro atoms. The molecule has 100 valence electrons. The average molecular weight is 240 g/mol. The van der Waals surface area contributed by atoms with Gasteiger partial charge >= 0.3 is 0 Å². The van der Waals surface area contributed by atoms with Crippen molar-refractivity contribution in [1.29, 1.82) is 0 Å². The summed E-state index contributed by atoms with van der Waals surface area (Å²) in [7, 11) is 0. The topological polar surface area (TPSA) is 33.3 Å². The third kappa shape index (κ3) is 6.39. The fourth-order valence-corrected chi connectivity index (χ4v) is 2.39. The van der Waals surface area contributed by atoms with E-state index in [4.69, 9.17) is 4.74 Å². The van der Waals surface area contributed by atoms with Gasteiger partial charge in [0, 0.05) is 25.8 Å². The number of nitrogens with one attached hydrogen (secondary N) is 2. The SMILES string of the molecule is C1CCNC(CNCCCOCC2CC2)CC1. The molecule has 17 heavy (non-hydrogen) atoms. The van der Waals surface area contributed by atoms with Crippen LogP contribution in [0.25, 0.3) is 0 Å². The second-order valence-corrected chi connectivity index (χ2v) is 5.58. The maximum atomic E-state index is 5.61. The van der Waals surface area contributed by atoms with E-state index in [0.717, 1.165) is 38.6 Å². The van der Waals surface area contributed by atoms with Crippen molar-refractivity contribution < 1.29 is 4.74 Å². The summed E-state index contributed by atoms with van der Waals surface area (Å²) in [5.41, 5.74) is 0. The molecule has 2 aliphatic rings. The van der Waals surface area contributed by atoms with Gasteiger partial charge in [0.05, 0.1) is 0 Å². The van der Waals surface area contributed by atoms with Gasteiger partial charge in [0.1, 0.15) is 0 Å². The Hall–Kier alpha value is -0.120. The van der Waals surface area contributed by atoms with Crippen molar-refractivity contribution >= 4 is 0 Å². The van der Waals surface area contributed by atoms with Crippen LogP contribution in [-0.2, 0) is 4.74 Å². The smallest absolute Gasteiger partial charge is 0.0494 e. The van der Waals surface area contributed by atoms with E-state index in [1.54, 1.807) is 0 Å². The van der Waals surface area contributed by atoms with Crippen LogP contribution in [0.5, 0.6) is 0 Å². The van der Waals surface area contributed by atoms with E-state index in [1.807, 2.05) is 0 Å². The van der Waals surface area contributed by atoms with Crippen molar-refractivity contribution in [3.8, 4) is 0 Å². The van der Waals surface area contributed by atoms with Crippen molar-refractivity contribution in [2.45, 2.75) is 51.0 Å². The maximum Gasteiger partial charge on any atom is 0.0494 e. The zero-order valence-electron chi connectivity index (χ0n) is 11.0. The first-order valence-electron chi connectivity index (χ1n) is 7.47. The summed E-state index contributed by atoms with van der Waals surface area (Å²) in [4.78, 5) is 0. The van der Waals surface area contributed by atoms with Gasteiger partial charge in [0.2, 0.25) is 0 Å². The highest BCUT2D eigenvalue weighted by Gasteiger charge is 2.20. The van der Waals surface area contributed by atoms with Gasteiger partial charge in [-0.05, 0) is 51.1 Å². The second kappa shape index (κ2) is 8.06. The van der Waals surface area contributed by atoms with Crippen molar-refractivity contribution in [2.24, 2.45) is 5.92 Å². The lowest BCUT2D eigenvalue weighted by molar-refractivity contribution is 0.122. The van der Waals surface area contributed by atoms with Crippen LogP contribution in [0.4, 0.5) is 0 Å². The Kier molecular flexibility index (Phi) is 6.32. The summed E-state index contributed by atoms with van der Waals surface area (Å²) < 4.78 is 5.61. The Morgan fingerprint density at radius 3 is 2.94 bits per heavy atom. The van der Waals surface area contributed by atoms with Crippen LogP contribution in [0, 0.1) is 5.92 Å². The first kappa shape index (κ1) is 13.3. The minimum absolute atomic E-state index is 0.699. The molecule has 0 amide bonds. The van der Waals surface area contributed by atoms with E-state index in [0.29, 0.717) is 6.04 Å². The van der Waals surface area contributed by atoms with Crippen LogP contribution in [0.3, 0.4) is 0 Å². The molecule has 1 saturated carbocycles. The van der Waals surface area contributed by atoms with E-state index in [9.17, 15) is 0 Å². The fraction of sp³-hybridized carbons (Fsp3) is 1.00. The number of hydrogen-bond acceptors (Lipinski definition) is 3. The maximum absolute atomic E-state index is 5.61. The van der Waals surface area contributed by atoms with Gasteiger partial charge in [0.15, 0.2) is 0 Å². The fourth-order valence-electron chi connectivity index (χ4n) is 2.39. The monoisotopic (exact) mass is 240 g/mol. The predicted octanol–water partition coefficient (Wildman–Crippen LogP) is 1.92. The summed E-state index contributed by atoms with van der Waals surface area (Å²) in [6.07, 6.45) is 9.43. The Balaban J connectivity index is 1.36. The molecule has 2 rings (SSSR count). The van der Waals surface area contributed by atoms with E-state index in [2.05, 4.69) is 10.6 Å². The van der Waals surface area contributed by atoms with Crippen LogP contribution in [-0.4, -0.2) is 38.9 Å². The Morgan fingerprint density at radius 2 is 2.06 bits per heavy atom. The molecule has 1 aliphatic carbocycles. The molecule has 0 aromatic rings. The van der Waals surface area contributed by atoms with Gasteiger partial charge < -0.3 is 15.4 Å². The molecule has 1 heterocycles. The molecule has 1 saturated heterocycles. The molecule has 1 unspecified atom stereocenters. The molecule has 3 heteroatoms. The van der Waals surface area contributed by atoms with Crippen molar-refractivity contribution in [1.82, 2.24) is 10.6 Å². The van der Waals surface area contributed by atoms with Crippen molar-refractivity contribution in [3.63, 3.8) is 0 Å². The third-order valence-electron chi connectivity index (χ3n) is 3.75. The van der Waals surface area contributed by atoms with Gasteiger partial charge in [-0.25, -0.2) is 0 Å². The Labute approximate surface area is 106 Å². The van der Waals surface area contributed by atoms with Gasteiger partial charge in [-0.2, -0.15) is 0 Å². The lowest BCUT2D eigenvalue weighted by atomic mass is 10.1. The summed E-state index contributed by atoms with van der Waals surface area (Å²) in [5, 5.41) is 7.16. The molecular weight excluding hydrogens is 212 g/mol. The van der Waals surface area contributed by atoms with Crippen LogP contribution < -0.4 is 10.6 Å². The van der Waals surface area contributed by atoms with E-state index >= 15 is 0 Å². The highest BCUT2D eigenvalue weighted by molar-refractivity contribution is 4.73. The minimum atomic E-state index is 0.699. The largest absolute Gasteiger partial charge is 0.381 e. The molecular formula is C14H28N2O. The Morgan fingerprint density at radius 1 is 1.12 bits per heavy atom. The lowest BCUT2D eigenvalue weighted by Crippen LogP contribution is -2.38. The predicted molar refractivity (Wildman–Crippen MR) is 71.3 cm³/mol. The van der Waals surface area contributed by atoms with E-state index < -0.39 is 0 Å². The average Bonchev–Trinajstić information content (AvgIpc) is 3.15. The van der Waals surface area contributed by atoms with Crippen LogP contribution in [0.15, 0.2) is 0 Å². The summed E-state index contributed by atoms with van der Waals surface area (Å²) in [6.45, 7) is 5.37. The molecule has 0 aromatic heterocycles. The lowest BCUT2D eigenvalue weighted by Gasteiger charge is -2.16. The van der Waals surface area contributed by atoms with Crippen LogP contribution in [0.2, 0.25) is 0 Å². The molecule has 2 N–H and O–H groups in total. The zero-order valence-corrected chi connectivity index (χ0v) is 11.0. The first-order chi connectivity index (χ1) is 8.45. The quantitative estimate of drug-likeness (QED) is 0.636. The van der Waals surface area contributed by atoms with Gasteiger partial charge in [0.25, 0.3) is 0 Å². The van der Waals surface area contributed by atoms with Crippen molar-refractivity contribution in [3.05, 3.63) is 0 Å². The van der Waals surface area contributed by atoms with Crippen LogP contribution in [0.1, 0.15) is 44.9 Å². The summed E-state index contributed by atoms with van der Waals surface area (Å²) in [5.74, 6) is 0.901. The summed E-state index contributed by atoms with van der Waals surface area (Å²) in [6, 6.07) is 0.699. The first-order valence-corrected chi connectivity index (χ1v) is 7.47. The molecule has 1 aliphatic heterocycles. The molecule has 2 fully saturated rings. The highest BCUT2D eigenvalue weighted by atomic mass is 16.5. The number of hydrogen-bond donors (Lipinski definition) is 2. The molecule has 0 radical (unpaired) electrons. The number of ether oxygens (including phenoxy) is 1. The van der Waals surface area contributed by atoms with Gasteiger partial charge in [-0.15, -0.1) is 0 Å². The van der Waals surface area contributed by atoms with Crippen LogP contribution >= 0.6 is 0 Å². The number of rotatable bonds is 8. The van der Waals surface area contributed by atoms with Crippen molar-refractivity contribution in [2.75, 3.05) is 32.8 Å². The molecule has 0 bridgehead atoms. The Bertz CT molecular complexity index is 187. The van der Waals surface area contributed by atoms with E-state index in [1.165, 1.54) is 45.1 Å².